The van der Waals surface area contributed by atoms with Crippen LogP contribution in [0.1, 0.15) is 23.8 Å². The van der Waals surface area contributed by atoms with Crippen molar-refractivity contribution in [2.24, 2.45) is 5.10 Å². The highest BCUT2D eigenvalue weighted by atomic mass is 32.2. The quantitative estimate of drug-likeness (QED) is 0.427. The molecule has 0 unspecified atom stereocenters. The molecule has 0 N–H and O–H groups in total. The van der Waals surface area contributed by atoms with Gasteiger partial charge in [0.2, 0.25) is 10.0 Å². The fraction of sp³-hybridized carbons (Fsp3) is 0.167. The molecule has 0 aliphatic carbocycles. The van der Waals surface area contributed by atoms with Crippen molar-refractivity contribution in [3.05, 3.63) is 90.5 Å². The number of methoxy groups -OCH3 is 1. The number of para-hydroxylation sites is 1. The largest absolute Gasteiger partial charge is 0.497 e. The molecule has 168 valence electrons. The number of sulfonamides is 1. The topological polar surface area (TPSA) is 89.9 Å². The summed E-state index contributed by atoms with van der Waals surface area (Å²) in [5.74, 6) is 1.28. The second-order valence-corrected chi connectivity index (χ2v) is 9.56. The zero-order chi connectivity index (χ0) is 23.0. The fourth-order valence-corrected chi connectivity index (χ4v) is 4.83. The van der Waals surface area contributed by atoms with Crippen molar-refractivity contribution in [2.75, 3.05) is 13.4 Å². The Balaban J connectivity index is 1.64. The number of ether oxygens (including phenoxy) is 1. The van der Waals surface area contributed by atoms with Gasteiger partial charge in [0, 0.05) is 23.7 Å². The first kappa shape index (κ1) is 21.0. The van der Waals surface area contributed by atoms with Gasteiger partial charge in [0.05, 0.1) is 37.1 Å². The standard InChI is InChI=1S/C24H22N4O4S/c1-31-19-12-10-17(11-13-19)24-20(16-27(26-24)18-7-4-3-5-8-18)22-15-21(23-9-6-14-32-23)25-28(22)33(2,29)30/h3-14,16,22H,15H2,1-2H3/t22-/m1/s1. The maximum absolute atomic E-state index is 12.7. The highest BCUT2D eigenvalue weighted by molar-refractivity contribution is 7.88. The van der Waals surface area contributed by atoms with E-state index >= 15 is 0 Å². The van der Waals surface area contributed by atoms with E-state index < -0.39 is 16.1 Å². The summed E-state index contributed by atoms with van der Waals surface area (Å²) < 4.78 is 39.1. The van der Waals surface area contributed by atoms with Gasteiger partial charge in [-0.15, -0.1) is 0 Å². The molecule has 33 heavy (non-hydrogen) atoms. The second-order valence-electron chi connectivity index (χ2n) is 7.72. The Kier molecular flexibility index (Phi) is 5.26. The summed E-state index contributed by atoms with van der Waals surface area (Å²) in [6.45, 7) is 0. The van der Waals surface area contributed by atoms with Crippen molar-refractivity contribution in [1.82, 2.24) is 14.2 Å². The SMILES string of the molecule is COc1ccc(-c2nn(-c3ccccc3)cc2[C@H]2CC(c3ccco3)=NN2S(C)(=O)=O)cc1. The number of hydrogen-bond acceptors (Lipinski definition) is 6. The van der Waals surface area contributed by atoms with Gasteiger partial charge in [-0.05, 0) is 48.5 Å². The zero-order valence-corrected chi connectivity index (χ0v) is 18.9. The van der Waals surface area contributed by atoms with Crippen LogP contribution in [0.15, 0.2) is 88.7 Å². The van der Waals surface area contributed by atoms with Crippen molar-refractivity contribution in [3.63, 3.8) is 0 Å². The molecule has 5 rings (SSSR count). The first-order valence-electron chi connectivity index (χ1n) is 10.3. The Morgan fingerprint density at radius 2 is 1.79 bits per heavy atom. The molecule has 2 aromatic carbocycles. The van der Waals surface area contributed by atoms with Gasteiger partial charge in [-0.2, -0.15) is 14.6 Å². The number of nitrogens with zero attached hydrogens (tertiary/aromatic N) is 4. The molecule has 0 spiro atoms. The second kappa shape index (κ2) is 8.25. The third-order valence-corrected chi connectivity index (χ3v) is 6.52. The zero-order valence-electron chi connectivity index (χ0n) is 18.1. The Morgan fingerprint density at radius 3 is 2.42 bits per heavy atom. The summed E-state index contributed by atoms with van der Waals surface area (Å²) in [7, 11) is -2.03. The molecule has 4 aromatic rings. The van der Waals surface area contributed by atoms with E-state index in [2.05, 4.69) is 5.10 Å². The molecule has 0 amide bonds. The van der Waals surface area contributed by atoms with Gasteiger partial charge >= 0.3 is 0 Å². The van der Waals surface area contributed by atoms with Crippen molar-refractivity contribution in [3.8, 4) is 22.7 Å². The average molecular weight is 463 g/mol. The predicted octanol–water partition coefficient (Wildman–Crippen LogP) is 4.25. The number of hydrazone groups is 1. The Hall–Kier alpha value is -3.85. The van der Waals surface area contributed by atoms with Crippen LogP contribution in [0.25, 0.3) is 16.9 Å². The summed E-state index contributed by atoms with van der Waals surface area (Å²) in [6, 6.07) is 20.2. The number of hydrogen-bond donors (Lipinski definition) is 0. The van der Waals surface area contributed by atoms with Crippen molar-refractivity contribution < 1.29 is 17.6 Å². The molecule has 2 aromatic heterocycles. The molecule has 1 aliphatic heterocycles. The molecule has 0 saturated carbocycles. The lowest BCUT2D eigenvalue weighted by Crippen LogP contribution is -2.26. The van der Waals surface area contributed by atoms with E-state index in [1.807, 2.05) is 60.8 Å². The van der Waals surface area contributed by atoms with E-state index in [0.717, 1.165) is 33.2 Å². The van der Waals surface area contributed by atoms with Crippen molar-refractivity contribution >= 4 is 15.7 Å². The molecule has 0 bridgehead atoms. The minimum Gasteiger partial charge on any atom is -0.497 e. The normalized spacial score (nSPS) is 16.1. The summed E-state index contributed by atoms with van der Waals surface area (Å²) >= 11 is 0. The number of furan rings is 1. The van der Waals surface area contributed by atoms with Crippen molar-refractivity contribution in [1.29, 1.82) is 0 Å². The van der Waals surface area contributed by atoms with Gasteiger partial charge in [0.1, 0.15) is 17.2 Å². The van der Waals surface area contributed by atoms with E-state index in [-0.39, 0.29) is 0 Å². The van der Waals surface area contributed by atoms with Crippen LogP contribution >= 0.6 is 0 Å². The minimum atomic E-state index is -3.64. The first-order valence-corrected chi connectivity index (χ1v) is 12.2. The fourth-order valence-electron chi connectivity index (χ4n) is 3.93. The van der Waals surface area contributed by atoms with E-state index in [1.165, 1.54) is 0 Å². The average Bonchev–Trinajstić information content (AvgIpc) is 3.58. The van der Waals surface area contributed by atoms with Crippen LogP contribution in [0.4, 0.5) is 0 Å². The molecule has 0 fully saturated rings. The predicted molar refractivity (Wildman–Crippen MR) is 125 cm³/mol. The van der Waals surface area contributed by atoms with Gasteiger partial charge < -0.3 is 9.15 Å². The van der Waals surface area contributed by atoms with E-state index in [0.29, 0.717) is 23.6 Å². The van der Waals surface area contributed by atoms with Crippen LogP contribution in [-0.2, 0) is 10.0 Å². The maximum Gasteiger partial charge on any atom is 0.247 e. The third kappa shape index (κ3) is 4.03. The molecule has 0 saturated heterocycles. The van der Waals surface area contributed by atoms with Crippen LogP contribution in [0.2, 0.25) is 0 Å². The lowest BCUT2D eigenvalue weighted by Gasteiger charge is -2.21. The molecule has 3 heterocycles. The van der Waals surface area contributed by atoms with E-state index in [4.69, 9.17) is 14.3 Å². The highest BCUT2D eigenvalue weighted by Gasteiger charge is 2.38. The minimum absolute atomic E-state index is 0.365. The molecule has 9 heteroatoms. The lowest BCUT2D eigenvalue weighted by molar-refractivity contribution is 0.375. The Morgan fingerprint density at radius 1 is 1.03 bits per heavy atom. The van der Waals surface area contributed by atoms with Gasteiger partial charge in [-0.3, -0.25) is 0 Å². The first-order chi connectivity index (χ1) is 15.9. The van der Waals surface area contributed by atoms with Gasteiger partial charge in [0.15, 0.2) is 0 Å². The summed E-state index contributed by atoms with van der Waals surface area (Å²) in [6.07, 6.45) is 4.94. The highest BCUT2D eigenvalue weighted by Crippen LogP contribution is 2.39. The van der Waals surface area contributed by atoms with Gasteiger partial charge in [0.25, 0.3) is 0 Å². The van der Waals surface area contributed by atoms with Crippen LogP contribution in [0.5, 0.6) is 5.75 Å². The molecule has 1 atom stereocenters. The van der Waals surface area contributed by atoms with E-state index in [9.17, 15) is 8.42 Å². The van der Waals surface area contributed by atoms with Crippen LogP contribution in [-0.4, -0.2) is 41.7 Å². The molecular weight excluding hydrogens is 440 g/mol. The molecule has 1 aliphatic rings. The van der Waals surface area contributed by atoms with E-state index in [1.54, 1.807) is 30.2 Å². The Bertz CT molecular complexity index is 1390. The molecule has 0 radical (unpaired) electrons. The van der Waals surface area contributed by atoms with Crippen molar-refractivity contribution in [2.45, 2.75) is 12.5 Å². The lowest BCUT2D eigenvalue weighted by atomic mass is 9.99. The van der Waals surface area contributed by atoms with Crippen LogP contribution in [0, 0.1) is 0 Å². The summed E-state index contributed by atoms with van der Waals surface area (Å²) in [5.41, 5.74) is 3.72. The third-order valence-electron chi connectivity index (χ3n) is 5.50. The van der Waals surface area contributed by atoms with Crippen LogP contribution in [0.3, 0.4) is 0 Å². The number of aromatic nitrogens is 2. The monoisotopic (exact) mass is 462 g/mol. The number of rotatable bonds is 6. The van der Waals surface area contributed by atoms with Gasteiger partial charge in [-0.25, -0.2) is 13.1 Å². The molecule has 8 nitrogen and oxygen atoms in total. The summed E-state index contributed by atoms with van der Waals surface area (Å²) in [5, 5.41) is 9.25. The smallest absolute Gasteiger partial charge is 0.247 e. The number of benzene rings is 2. The molecular formula is C24H22N4O4S. The van der Waals surface area contributed by atoms with Gasteiger partial charge in [-0.1, -0.05) is 18.2 Å². The van der Waals surface area contributed by atoms with Crippen LogP contribution < -0.4 is 4.74 Å². The Labute approximate surface area is 191 Å². The summed E-state index contributed by atoms with van der Waals surface area (Å²) in [4.78, 5) is 0. The maximum atomic E-state index is 12.7.